The topological polar surface area (TPSA) is 0 Å². The molecule has 0 atom stereocenters. The second-order valence-corrected chi connectivity index (χ2v) is 9.39. The lowest BCUT2D eigenvalue weighted by Gasteiger charge is -2.15. The fourth-order valence-corrected chi connectivity index (χ4v) is 5.79. The zero-order valence-corrected chi connectivity index (χ0v) is 15.8. The van der Waals surface area contributed by atoms with Crippen LogP contribution < -0.4 is 10.4 Å². The van der Waals surface area contributed by atoms with Crippen molar-refractivity contribution in [3.63, 3.8) is 0 Å². The van der Waals surface area contributed by atoms with Crippen LogP contribution in [-0.4, -0.2) is 8.80 Å². The van der Waals surface area contributed by atoms with Crippen LogP contribution in [0.1, 0.15) is 33.6 Å². The van der Waals surface area contributed by atoms with Gasteiger partial charge < -0.3 is 0 Å². The Morgan fingerprint density at radius 2 is 1.30 bits per heavy atom. The molecule has 0 amide bonds. The van der Waals surface area contributed by atoms with E-state index in [1.807, 2.05) is 0 Å². The Morgan fingerprint density at radius 1 is 0.783 bits per heavy atom. The van der Waals surface area contributed by atoms with Gasteiger partial charge in [0.05, 0.1) is 0 Å². The average molecular weight is 321 g/mol. The highest BCUT2D eigenvalue weighted by Crippen LogP contribution is 2.09. The first-order chi connectivity index (χ1) is 11.2. The number of rotatable bonds is 7. The molecule has 0 nitrogen and oxygen atoms in total. The predicted molar refractivity (Wildman–Crippen MR) is 107 cm³/mol. The van der Waals surface area contributed by atoms with E-state index in [4.69, 9.17) is 0 Å². The van der Waals surface area contributed by atoms with Crippen LogP contribution in [0.2, 0.25) is 6.04 Å². The van der Waals surface area contributed by atoms with Gasteiger partial charge >= 0.3 is 0 Å². The number of hydrogen-bond acceptors (Lipinski definition) is 0. The molecule has 2 aromatic carbocycles. The maximum atomic E-state index is 2.48. The largest absolute Gasteiger partial charge is 0.106 e. The molecule has 0 unspecified atom stereocenters. The van der Waals surface area contributed by atoms with Crippen molar-refractivity contribution < 1.29 is 0 Å². The smallest absolute Gasteiger partial charge is 0.0879 e. The Morgan fingerprint density at radius 3 is 1.78 bits per heavy atom. The molecule has 0 N–H and O–H groups in total. The third-order valence-corrected chi connectivity index (χ3v) is 7.28. The quantitative estimate of drug-likeness (QED) is 0.511. The van der Waals surface area contributed by atoms with Crippen molar-refractivity contribution in [2.45, 2.75) is 39.7 Å². The number of benzene rings is 2. The summed E-state index contributed by atoms with van der Waals surface area (Å²) in [5.41, 5.74) is 2.94. The molecule has 0 saturated carbocycles. The van der Waals surface area contributed by atoms with Crippen LogP contribution in [0, 0.1) is 0 Å². The van der Waals surface area contributed by atoms with Crippen molar-refractivity contribution in [3.8, 4) is 0 Å². The minimum atomic E-state index is -1.15. The Kier molecular flexibility index (Phi) is 7.08. The standard InChI is InChI=1S/C22H28Si/c1-19(2)11-10-12-20(3)17-18-23(21-13-6-4-7-14-21)22-15-8-5-9-16-22/h4-9,11,13-17,23H,10,12,18H2,1-3H3/b20-17+. The van der Waals surface area contributed by atoms with Crippen LogP contribution in [0.15, 0.2) is 84.0 Å². The molecule has 23 heavy (non-hydrogen) atoms. The van der Waals surface area contributed by atoms with Crippen LogP contribution in [0.5, 0.6) is 0 Å². The van der Waals surface area contributed by atoms with E-state index in [-0.39, 0.29) is 0 Å². The van der Waals surface area contributed by atoms with Gasteiger partial charge in [-0.3, -0.25) is 0 Å². The van der Waals surface area contributed by atoms with Gasteiger partial charge in [-0.05, 0) is 39.7 Å². The molecule has 0 saturated heterocycles. The highest BCUT2D eigenvalue weighted by Gasteiger charge is 2.14. The van der Waals surface area contributed by atoms with E-state index in [1.54, 1.807) is 0 Å². The van der Waals surface area contributed by atoms with Gasteiger partial charge in [-0.1, -0.05) is 94.3 Å². The average Bonchev–Trinajstić information content (AvgIpc) is 2.57. The molecule has 0 aliphatic rings. The predicted octanol–water partition coefficient (Wildman–Crippen LogP) is 4.72. The van der Waals surface area contributed by atoms with Crippen LogP contribution in [0.3, 0.4) is 0 Å². The maximum absolute atomic E-state index is 2.48. The first-order valence-corrected chi connectivity index (χ1v) is 10.5. The molecular weight excluding hydrogens is 292 g/mol. The molecular formula is C22H28Si. The molecule has 0 aliphatic carbocycles. The van der Waals surface area contributed by atoms with Crippen molar-refractivity contribution >= 4 is 19.2 Å². The van der Waals surface area contributed by atoms with Crippen molar-refractivity contribution in [2.24, 2.45) is 0 Å². The van der Waals surface area contributed by atoms with Gasteiger partial charge in [0.1, 0.15) is 8.80 Å². The van der Waals surface area contributed by atoms with Gasteiger partial charge in [0.2, 0.25) is 0 Å². The Hall–Kier alpha value is -1.86. The van der Waals surface area contributed by atoms with E-state index >= 15 is 0 Å². The summed E-state index contributed by atoms with van der Waals surface area (Å²) in [5, 5.41) is 3.07. The van der Waals surface area contributed by atoms with Gasteiger partial charge in [-0.2, -0.15) is 0 Å². The van der Waals surface area contributed by atoms with Crippen molar-refractivity contribution in [3.05, 3.63) is 84.0 Å². The third-order valence-electron chi connectivity index (χ3n) is 4.20. The summed E-state index contributed by atoms with van der Waals surface area (Å²) in [6.07, 6.45) is 7.15. The fraction of sp³-hybridized carbons (Fsp3) is 0.273. The van der Waals surface area contributed by atoms with Crippen molar-refractivity contribution in [2.75, 3.05) is 0 Å². The van der Waals surface area contributed by atoms with Crippen LogP contribution in [0.25, 0.3) is 0 Å². The fourth-order valence-electron chi connectivity index (χ4n) is 2.84. The SMILES string of the molecule is CC(C)=CCC/C(C)=C/C[SiH](c1ccccc1)c1ccccc1. The lowest BCUT2D eigenvalue weighted by Crippen LogP contribution is -2.41. The molecule has 0 heterocycles. The summed E-state index contributed by atoms with van der Waals surface area (Å²) < 4.78 is 0. The lowest BCUT2D eigenvalue weighted by molar-refractivity contribution is 0.963. The molecule has 0 fully saturated rings. The molecule has 0 aliphatic heterocycles. The van der Waals surface area contributed by atoms with Gasteiger partial charge in [-0.15, -0.1) is 0 Å². The van der Waals surface area contributed by atoms with Crippen LogP contribution in [-0.2, 0) is 0 Å². The summed E-state index contributed by atoms with van der Waals surface area (Å²) in [5.74, 6) is 0. The van der Waals surface area contributed by atoms with E-state index in [1.165, 1.54) is 34.0 Å². The number of allylic oxidation sites excluding steroid dienone is 4. The van der Waals surface area contributed by atoms with Gasteiger partial charge in [0, 0.05) is 0 Å². The molecule has 0 spiro atoms. The van der Waals surface area contributed by atoms with Crippen molar-refractivity contribution in [1.29, 1.82) is 0 Å². The van der Waals surface area contributed by atoms with Crippen LogP contribution >= 0.6 is 0 Å². The lowest BCUT2D eigenvalue weighted by atomic mass is 10.1. The molecule has 0 bridgehead atoms. The summed E-state index contributed by atoms with van der Waals surface area (Å²) in [6.45, 7) is 6.62. The van der Waals surface area contributed by atoms with E-state index < -0.39 is 8.80 Å². The molecule has 2 aromatic rings. The normalized spacial score (nSPS) is 11.6. The monoisotopic (exact) mass is 320 g/mol. The van der Waals surface area contributed by atoms with E-state index in [0.29, 0.717) is 0 Å². The van der Waals surface area contributed by atoms with Gasteiger partial charge in [-0.25, -0.2) is 0 Å². The zero-order valence-electron chi connectivity index (χ0n) is 14.6. The Labute approximate surface area is 143 Å². The second kappa shape index (κ2) is 9.31. The summed E-state index contributed by atoms with van der Waals surface area (Å²) in [7, 11) is -1.15. The first kappa shape index (κ1) is 17.5. The molecule has 0 radical (unpaired) electrons. The van der Waals surface area contributed by atoms with Crippen LogP contribution in [0.4, 0.5) is 0 Å². The highest BCUT2D eigenvalue weighted by atomic mass is 28.3. The molecule has 120 valence electrons. The highest BCUT2D eigenvalue weighted by molar-refractivity contribution is 6.85. The van der Waals surface area contributed by atoms with E-state index in [2.05, 4.69) is 93.6 Å². The summed E-state index contributed by atoms with van der Waals surface area (Å²) in [4.78, 5) is 0. The van der Waals surface area contributed by atoms with Gasteiger partial charge in [0.15, 0.2) is 0 Å². The summed E-state index contributed by atoms with van der Waals surface area (Å²) in [6, 6.07) is 23.3. The Bertz CT molecular complexity index is 595. The van der Waals surface area contributed by atoms with Gasteiger partial charge in [0.25, 0.3) is 0 Å². The minimum absolute atomic E-state index is 1.15. The zero-order chi connectivity index (χ0) is 16.5. The molecule has 0 aromatic heterocycles. The van der Waals surface area contributed by atoms with E-state index in [9.17, 15) is 0 Å². The first-order valence-electron chi connectivity index (χ1n) is 8.55. The maximum Gasteiger partial charge on any atom is 0.106 e. The molecule has 2 rings (SSSR count). The van der Waals surface area contributed by atoms with E-state index in [0.717, 1.165) is 6.42 Å². The van der Waals surface area contributed by atoms with Crippen molar-refractivity contribution in [1.82, 2.24) is 0 Å². The Balaban J connectivity index is 2.11. The third kappa shape index (κ3) is 6.03. The molecule has 1 heteroatoms. The second-order valence-electron chi connectivity index (χ2n) is 6.48. The number of hydrogen-bond donors (Lipinski definition) is 0. The summed E-state index contributed by atoms with van der Waals surface area (Å²) >= 11 is 0. The minimum Gasteiger partial charge on any atom is -0.0879 e.